The minimum atomic E-state index is 0.0416. The van der Waals surface area contributed by atoms with Crippen molar-refractivity contribution in [3.8, 4) is 0 Å². The standard InChI is InChI=1S/C19H20BrNO/c1-13(2)19(15-10-6-7-11-16(15)20)17-12-18(22-21-17)14-8-4-3-5-9-14/h3-11,13,18-19H,12H2,1-2H3. The summed E-state index contributed by atoms with van der Waals surface area (Å²) in [5, 5.41) is 4.43. The van der Waals surface area contributed by atoms with Gasteiger partial charge in [-0.25, -0.2) is 0 Å². The topological polar surface area (TPSA) is 21.6 Å². The first-order valence-electron chi connectivity index (χ1n) is 7.68. The molecular weight excluding hydrogens is 338 g/mol. The molecular formula is C19H20BrNO. The number of hydrogen-bond donors (Lipinski definition) is 0. The largest absolute Gasteiger partial charge is 0.387 e. The first-order valence-corrected chi connectivity index (χ1v) is 8.48. The zero-order chi connectivity index (χ0) is 15.5. The van der Waals surface area contributed by atoms with Gasteiger partial charge in [0.1, 0.15) is 0 Å². The van der Waals surface area contributed by atoms with E-state index in [9.17, 15) is 0 Å². The van der Waals surface area contributed by atoms with E-state index in [-0.39, 0.29) is 12.0 Å². The zero-order valence-corrected chi connectivity index (χ0v) is 14.5. The number of halogens is 1. The Balaban J connectivity index is 1.84. The van der Waals surface area contributed by atoms with Crippen LogP contribution in [0, 0.1) is 5.92 Å². The van der Waals surface area contributed by atoms with E-state index in [0.717, 1.165) is 16.6 Å². The molecule has 0 aromatic heterocycles. The highest BCUT2D eigenvalue weighted by atomic mass is 79.9. The lowest BCUT2D eigenvalue weighted by atomic mass is 9.82. The van der Waals surface area contributed by atoms with Gasteiger partial charge >= 0.3 is 0 Å². The Bertz CT molecular complexity index is 666. The van der Waals surface area contributed by atoms with Crippen molar-refractivity contribution < 1.29 is 4.84 Å². The van der Waals surface area contributed by atoms with Crippen molar-refractivity contribution >= 4 is 21.6 Å². The monoisotopic (exact) mass is 357 g/mol. The maximum atomic E-state index is 5.72. The quantitative estimate of drug-likeness (QED) is 0.686. The van der Waals surface area contributed by atoms with Crippen LogP contribution in [0.3, 0.4) is 0 Å². The van der Waals surface area contributed by atoms with E-state index >= 15 is 0 Å². The molecule has 0 spiro atoms. The third kappa shape index (κ3) is 3.09. The van der Waals surface area contributed by atoms with Crippen LogP contribution >= 0.6 is 15.9 Å². The summed E-state index contributed by atoms with van der Waals surface area (Å²) in [7, 11) is 0. The summed E-state index contributed by atoms with van der Waals surface area (Å²) in [6.45, 7) is 4.48. The molecule has 3 rings (SSSR count). The average Bonchev–Trinajstić information content (AvgIpc) is 2.99. The molecule has 0 radical (unpaired) electrons. The SMILES string of the molecule is CC(C)C(C1=NOC(c2ccccc2)C1)c1ccccc1Br. The third-order valence-corrected chi connectivity index (χ3v) is 4.85. The van der Waals surface area contributed by atoms with E-state index in [1.807, 2.05) is 24.3 Å². The van der Waals surface area contributed by atoms with E-state index < -0.39 is 0 Å². The molecule has 0 bridgehead atoms. The number of benzene rings is 2. The molecule has 0 aliphatic carbocycles. The average molecular weight is 358 g/mol. The van der Waals surface area contributed by atoms with Gasteiger partial charge in [0.25, 0.3) is 0 Å². The Morgan fingerprint density at radius 1 is 1.05 bits per heavy atom. The number of rotatable bonds is 4. The van der Waals surface area contributed by atoms with Crippen LogP contribution in [0.1, 0.15) is 43.4 Å². The van der Waals surface area contributed by atoms with Crippen LogP contribution < -0.4 is 0 Å². The van der Waals surface area contributed by atoms with Crippen LogP contribution in [-0.4, -0.2) is 5.71 Å². The van der Waals surface area contributed by atoms with Crippen molar-refractivity contribution in [2.24, 2.45) is 11.1 Å². The van der Waals surface area contributed by atoms with Gasteiger partial charge < -0.3 is 4.84 Å². The van der Waals surface area contributed by atoms with Crippen molar-refractivity contribution in [1.82, 2.24) is 0 Å². The van der Waals surface area contributed by atoms with Crippen LogP contribution in [0.2, 0.25) is 0 Å². The van der Waals surface area contributed by atoms with E-state index in [1.165, 1.54) is 11.1 Å². The smallest absolute Gasteiger partial charge is 0.157 e. The number of oxime groups is 1. The molecule has 2 atom stereocenters. The first kappa shape index (κ1) is 15.3. The van der Waals surface area contributed by atoms with Crippen LogP contribution in [0.25, 0.3) is 0 Å². The highest BCUT2D eigenvalue weighted by Crippen LogP contribution is 2.38. The molecule has 2 aromatic rings. The maximum Gasteiger partial charge on any atom is 0.157 e. The highest BCUT2D eigenvalue weighted by Gasteiger charge is 2.31. The molecule has 0 N–H and O–H groups in total. The lowest BCUT2D eigenvalue weighted by Crippen LogP contribution is -2.18. The predicted octanol–water partition coefficient (Wildman–Crippen LogP) is 5.71. The molecule has 2 aromatic carbocycles. The summed E-state index contributed by atoms with van der Waals surface area (Å²) in [5.41, 5.74) is 3.61. The van der Waals surface area contributed by atoms with Crippen molar-refractivity contribution in [3.05, 3.63) is 70.2 Å². The Kier molecular flexibility index (Phi) is 4.63. The van der Waals surface area contributed by atoms with Gasteiger partial charge in [0.15, 0.2) is 6.10 Å². The molecule has 114 valence electrons. The van der Waals surface area contributed by atoms with Crippen LogP contribution in [0.15, 0.2) is 64.2 Å². The molecule has 2 nitrogen and oxygen atoms in total. The molecule has 0 fully saturated rings. The minimum absolute atomic E-state index is 0.0416. The summed E-state index contributed by atoms with van der Waals surface area (Å²) < 4.78 is 1.14. The Labute approximate surface area is 140 Å². The molecule has 1 aliphatic heterocycles. The summed E-state index contributed by atoms with van der Waals surface area (Å²) >= 11 is 3.68. The fraction of sp³-hybridized carbons (Fsp3) is 0.316. The fourth-order valence-corrected chi connectivity index (χ4v) is 3.61. The van der Waals surface area contributed by atoms with Gasteiger partial charge in [0.05, 0.1) is 5.71 Å². The second kappa shape index (κ2) is 6.66. The number of hydrogen-bond acceptors (Lipinski definition) is 2. The summed E-state index contributed by atoms with van der Waals surface area (Å²) in [6, 6.07) is 18.7. The molecule has 0 saturated heterocycles. The van der Waals surface area contributed by atoms with Crippen LogP contribution in [0.5, 0.6) is 0 Å². The lowest BCUT2D eigenvalue weighted by molar-refractivity contribution is 0.0857. The van der Waals surface area contributed by atoms with Gasteiger partial charge in [-0.15, -0.1) is 0 Å². The molecule has 22 heavy (non-hydrogen) atoms. The van der Waals surface area contributed by atoms with Crippen molar-refractivity contribution in [2.75, 3.05) is 0 Å². The van der Waals surface area contributed by atoms with Gasteiger partial charge in [-0.1, -0.05) is 83.5 Å². The lowest BCUT2D eigenvalue weighted by Gasteiger charge is -2.22. The van der Waals surface area contributed by atoms with Crippen molar-refractivity contribution in [2.45, 2.75) is 32.3 Å². The summed E-state index contributed by atoms with van der Waals surface area (Å²) in [6.07, 6.45) is 0.897. The highest BCUT2D eigenvalue weighted by molar-refractivity contribution is 9.10. The second-order valence-corrected chi connectivity index (χ2v) is 6.89. The zero-order valence-electron chi connectivity index (χ0n) is 12.9. The first-order chi connectivity index (χ1) is 10.7. The van der Waals surface area contributed by atoms with Gasteiger partial charge in [-0.3, -0.25) is 0 Å². The normalized spacial score (nSPS) is 18.9. The van der Waals surface area contributed by atoms with Crippen molar-refractivity contribution in [3.63, 3.8) is 0 Å². The van der Waals surface area contributed by atoms with Gasteiger partial charge in [-0.2, -0.15) is 0 Å². The molecule has 3 heteroatoms. The van der Waals surface area contributed by atoms with E-state index in [2.05, 4.69) is 65.3 Å². The van der Waals surface area contributed by atoms with E-state index in [0.29, 0.717) is 5.92 Å². The summed E-state index contributed by atoms with van der Waals surface area (Å²) in [4.78, 5) is 5.72. The van der Waals surface area contributed by atoms with Crippen LogP contribution in [-0.2, 0) is 4.84 Å². The Morgan fingerprint density at radius 3 is 2.41 bits per heavy atom. The van der Waals surface area contributed by atoms with Crippen LogP contribution in [0.4, 0.5) is 0 Å². The second-order valence-electron chi connectivity index (χ2n) is 6.03. The predicted molar refractivity (Wildman–Crippen MR) is 94.0 cm³/mol. The molecule has 1 aliphatic rings. The Morgan fingerprint density at radius 2 is 1.73 bits per heavy atom. The molecule has 1 heterocycles. The fourth-order valence-electron chi connectivity index (χ4n) is 3.08. The van der Waals surface area contributed by atoms with Crippen molar-refractivity contribution in [1.29, 1.82) is 0 Å². The van der Waals surface area contributed by atoms with E-state index in [4.69, 9.17) is 4.84 Å². The third-order valence-electron chi connectivity index (χ3n) is 4.13. The van der Waals surface area contributed by atoms with Gasteiger partial charge in [-0.05, 0) is 23.1 Å². The van der Waals surface area contributed by atoms with Gasteiger partial charge in [0, 0.05) is 16.8 Å². The molecule has 2 unspecified atom stereocenters. The van der Waals surface area contributed by atoms with E-state index in [1.54, 1.807) is 0 Å². The maximum absolute atomic E-state index is 5.72. The summed E-state index contributed by atoms with van der Waals surface area (Å²) in [5.74, 6) is 0.750. The van der Waals surface area contributed by atoms with Gasteiger partial charge in [0.2, 0.25) is 0 Å². The number of nitrogens with zero attached hydrogens (tertiary/aromatic N) is 1. The minimum Gasteiger partial charge on any atom is -0.387 e. The molecule has 0 amide bonds. The molecule has 0 saturated carbocycles. The Hall–Kier alpha value is -1.61.